The predicted molar refractivity (Wildman–Crippen MR) is 139 cm³/mol. The molecule has 9 heteroatoms. The number of carbonyl (C=O) groups excluding carboxylic acids is 1. The van der Waals surface area contributed by atoms with Gasteiger partial charge in [0, 0.05) is 35.2 Å². The van der Waals surface area contributed by atoms with Crippen molar-refractivity contribution in [3.05, 3.63) is 70.3 Å². The number of halogens is 1. The highest BCUT2D eigenvalue weighted by molar-refractivity contribution is 7.16. The van der Waals surface area contributed by atoms with Crippen molar-refractivity contribution in [1.29, 1.82) is 0 Å². The third-order valence-electron chi connectivity index (χ3n) is 6.20. The predicted octanol–water partition coefficient (Wildman–Crippen LogP) is 5.36. The maximum Gasteiger partial charge on any atom is 0.262 e. The van der Waals surface area contributed by atoms with Gasteiger partial charge in [-0.15, -0.1) is 11.3 Å². The van der Waals surface area contributed by atoms with Gasteiger partial charge in [-0.05, 0) is 44.5 Å². The number of amides is 1. The third-order valence-corrected chi connectivity index (χ3v) is 7.67. The lowest BCUT2D eigenvalue weighted by Gasteiger charge is -2.22. The fourth-order valence-corrected chi connectivity index (χ4v) is 5.55. The van der Waals surface area contributed by atoms with E-state index in [2.05, 4.69) is 10.3 Å². The molecule has 3 heterocycles. The van der Waals surface area contributed by atoms with Crippen LogP contribution in [0.3, 0.4) is 0 Å². The van der Waals surface area contributed by atoms with E-state index in [1.54, 1.807) is 6.33 Å². The highest BCUT2D eigenvalue weighted by atomic mass is 35.5. The van der Waals surface area contributed by atoms with Crippen LogP contribution in [0.2, 0.25) is 5.02 Å². The van der Waals surface area contributed by atoms with E-state index in [0.29, 0.717) is 28.2 Å². The number of imidazole rings is 1. The van der Waals surface area contributed by atoms with Crippen LogP contribution in [0.25, 0.3) is 16.0 Å². The Labute approximate surface area is 212 Å². The quantitative estimate of drug-likeness (QED) is 0.333. The molecule has 7 nitrogen and oxygen atoms in total. The maximum atomic E-state index is 12.2. The fourth-order valence-electron chi connectivity index (χ4n) is 4.33. The monoisotopic (exact) mass is 510 g/mol. The second-order valence-electron chi connectivity index (χ2n) is 8.71. The molecule has 4 aromatic rings. The van der Waals surface area contributed by atoms with Gasteiger partial charge in [0.15, 0.2) is 0 Å². The molecule has 0 aliphatic carbocycles. The molecule has 0 radical (unpaired) electrons. The number of rotatable bonds is 8. The summed E-state index contributed by atoms with van der Waals surface area (Å²) in [6.07, 6.45) is 3.73. The van der Waals surface area contributed by atoms with Crippen molar-refractivity contribution in [2.24, 2.45) is 11.7 Å². The molecule has 0 saturated carbocycles. The van der Waals surface area contributed by atoms with Gasteiger partial charge in [0.25, 0.3) is 5.91 Å². The molecule has 0 spiro atoms. The number of hydrogen-bond acceptors (Lipinski definition) is 6. The van der Waals surface area contributed by atoms with Crippen LogP contribution in [-0.2, 0) is 0 Å². The Balaban J connectivity index is 1.41. The minimum absolute atomic E-state index is 0.345. The van der Waals surface area contributed by atoms with Gasteiger partial charge in [-0.2, -0.15) is 0 Å². The first-order valence-electron chi connectivity index (χ1n) is 11.7. The summed E-state index contributed by atoms with van der Waals surface area (Å²) in [5.74, 6) is 1.18. The summed E-state index contributed by atoms with van der Waals surface area (Å²) in [4.78, 5) is 17.1. The fraction of sp³-hybridized carbons (Fsp3) is 0.308. The number of fused-ring (bicyclic) bond motifs is 1. The van der Waals surface area contributed by atoms with E-state index in [4.69, 9.17) is 26.8 Å². The zero-order chi connectivity index (χ0) is 24.4. The van der Waals surface area contributed by atoms with E-state index >= 15 is 0 Å². The molecule has 35 heavy (non-hydrogen) atoms. The molecule has 2 atom stereocenters. The summed E-state index contributed by atoms with van der Waals surface area (Å²) in [6.45, 7) is 4.63. The zero-order valence-electron chi connectivity index (χ0n) is 19.4. The van der Waals surface area contributed by atoms with Crippen molar-refractivity contribution in [3.63, 3.8) is 0 Å². The lowest BCUT2D eigenvalue weighted by Crippen LogP contribution is -2.33. The van der Waals surface area contributed by atoms with Crippen molar-refractivity contribution in [3.8, 4) is 16.5 Å². The first-order valence-corrected chi connectivity index (χ1v) is 12.8. The van der Waals surface area contributed by atoms with Crippen LogP contribution >= 0.6 is 22.9 Å². The van der Waals surface area contributed by atoms with Gasteiger partial charge in [-0.25, -0.2) is 4.98 Å². The van der Waals surface area contributed by atoms with Gasteiger partial charge in [0.05, 0.1) is 17.6 Å². The number of ether oxygens (including phenoxy) is 2. The summed E-state index contributed by atoms with van der Waals surface area (Å²) in [7, 11) is 0. The lowest BCUT2D eigenvalue weighted by molar-refractivity contribution is 0.0998. The Morgan fingerprint density at radius 3 is 2.94 bits per heavy atom. The van der Waals surface area contributed by atoms with Crippen LogP contribution in [-0.4, -0.2) is 35.2 Å². The normalized spacial score (nSPS) is 16.8. The zero-order valence-corrected chi connectivity index (χ0v) is 20.9. The van der Waals surface area contributed by atoms with Crippen molar-refractivity contribution < 1.29 is 14.3 Å². The molecule has 1 unspecified atom stereocenters. The molecule has 1 aliphatic heterocycles. The second-order valence-corrected chi connectivity index (χ2v) is 10.2. The lowest BCUT2D eigenvalue weighted by atomic mass is 10.0. The minimum atomic E-state index is -0.544. The first-order chi connectivity index (χ1) is 17.0. The SMILES string of the molecule is C[C@@H](Oc1cc(-n2cnc3ccc(OCC4CCCNC4)cc32)sc1C(N)=O)c1ccccc1Cl. The average molecular weight is 511 g/mol. The standard InChI is InChI=1S/C26H27ClN4O3S/c1-16(19-6-2-3-7-20(19)27)34-23-12-24(35-25(23)26(28)32)31-15-30-21-9-8-18(11-22(21)31)33-14-17-5-4-10-29-13-17/h2-3,6-9,11-12,15-17,29H,4-5,10,13-14H2,1H3,(H2,28,32)/t16-,17?/m1/s1. The number of carbonyl (C=O) groups is 1. The largest absolute Gasteiger partial charge is 0.493 e. The van der Waals surface area contributed by atoms with Crippen LogP contribution in [0, 0.1) is 5.92 Å². The Morgan fingerprint density at radius 2 is 2.17 bits per heavy atom. The van der Waals surface area contributed by atoms with Crippen LogP contribution in [0.1, 0.15) is 41.1 Å². The Kier molecular flexibility index (Phi) is 6.95. The molecule has 1 amide bonds. The number of nitrogens with two attached hydrogens (primary N) is 1. The number of nitrogens with zero attached hydrogens (tertiary/aromatic N) is 2. The maximum absolute atomic E-state index is 12.2. The van der Waals surface area contributed by atoms with E-state index in [-0.39, 0.29) is 6.10 Å². The molecule has 2 aromatic heterocycles. The number of benzene rings is 2. The van der Waals surface area contributed by atoms with E-state index in [1.807, 2.05) is 60.0 Å². The van der Waals surface area contributed by atoms with E-state index in [9.17, 15) is 4.79 Å². The second kappa shape index (κ2) is 10.3. The van der Waals surface area contributed by atoms with Crippen molar-refractivity contribution in [1.82, 2.24) is 14.9 Å². The number of thiophene rings is 1. The summed E-state index contributed by atoms with van der Waals surface area (Å²) < 4.78 is 14.2. The molecular formula is C26H27ClN4O3S. The van der Waals surface area contributed by atoms with E-state index < -0.39 is 5.91 Å². The molecule has 0 bridgehead atoms. The van der Waals surface area contributed by atoms with Crippen LogP contribution in [0.5, 0.6) is 11.5 Å². The first kappa shape index (κ1) is 23.7. The van der Waals surface area contributed by atoms with E-state index in [0.717, 1.165) is 40.4 Å². The molecule has 1 saturated heterocycles. The number of primary amides is 1. The van der Waals surface area contributed by atoms with Gasteiger partial charge in [0.1, 0.15) is 33.8 Å². The summed E-state index contributed by atoms with van der Waals surface area (Å²) in [5.41, 5.74) is 8.23. The van der Waals surface area contributed by atoms with Crippen LogP contribution in [0.4, 0.5) is 0 Å². The third kappa shape index (κ3) is 5.15. The smallest absolute Gasteiger partial charge is 0.262 e. The molecule has 5 rings (SSSR count). The average Bonchev–Trinajstić information content (AvgIpc) is 3.47. The minimum Gasteiger partial charge on any atom is -0.493 e. The molecule has 1 aliphatic rings. The molecule has 2 aromatic carbocycles. The van der Waals surface area contributed by atoms with Gasteiger partial charge in [0.2, 0.25) is 0 Å². The number of hydrogen-bond donors (Lipinski definition) is 2. The Bertz CT molecular complexity index is 1350. The van der Waals surface area contributed by atoms with Crippen molar-refractivity contribution in [2.75, 3.05) is 19.7 Å². The summed E-state index contributed by atoms with van der Waals surface area (Å²) in [5, 5.41) is 4.80. The molecule has 3 N–H and O–H groups in total. The van der Waals surface area contributed by atoms with Gasteiger partial charge >= 0.3 is 0 Å². The highest BCUT2D eigenvalue weighted by Crippen LogP contribution is 2.37. The van der Waals surface area contributed by atoms with Gasteiger partial charge in [-0.3, -0.25) is 9.36 Å². The number of piperidine rings is 1. The number of aromatic nitrogens is 2. The molecular weight excluding hydrogens is 484 g/mol. The summed E-state index contributed by atoms with van der Waals surface area (Å²) in [6, 6.07) is 15.2. The van der Waals surface area contributed by atoms with Gasteiger partial charge in [-0.1, -0.05) is 29.8 Å². The topological polar surface area (TPSA) is 91.4 Å². The molecule has 1 fully saturated rings. The van der Waals surface area contributed by atoms with Crippen molar-refractivity contribution >= 4 is 39.9 Å². The number of nitrogens with one attached hydrogen (secondary N) is 1. The van der Waals surface area contributed by atoms with E-state index in [1.165, 1.54) is 24.2 Å². The molecule has 182 valence electrons. The highest BCUT2D eigenvalue weighted by Gasteiger charge is 2.21. The van der Waals surface area contributed by atoms with Gasteiger partial charge < -0.3 is 20.5 Å². The summed E-state index contributed by atoms with van der Waals surface area (Å²) >= 11 is 7.60. The van der Waals surface area contributed by atoms with Crippen molar-refractivity contribution in [2.45, 2.75) is 25.9 Å². The Morgan fingerprint density at radius 1 is 1.31 bits per heavy atom. The Hall–Kier alpha value is -3.07. The van der Waals surface area contributed by atoms with Crippen LogP contribution < -0.4 is 20.5 Å². The van der Waals surface area contributed by atoms with Crippen LogP contribution in [0.15, 0.2) is 54.9 Å².